The third kappa shape index (κ3) is 2.02. The van der Waals surface area contributed by atoms with Gasteiger partial charge in [0.05, 0.1) is 6.61 Å². The summed E-state index contributed by atoms with van der Waals surface area (Å²) in [5.41, 5.74) is 5.91. The van der Waals surface area contributed by atoms with Crippen molar-refractivity contribution in [2.75, 3.05) is 19.7 Å². The number of aliphatic hydroxyl groups excluding tert-OH is 1. The first kappa shape index (κ1) is 11.8. The summed E-state index contributed by atoms with van der Waals surface area (Å²) in [7, 11) is 0. The monoisotopic (exact) mass is 220 g/mol. The van der Waals surface area contributed by atoms with Crippen LogP contribution in [-0.2, 0) is 4.79 Å². The van der Waals surface area contributed by atoms with Crippen LogP contribution >= 0.6 is 12.4 Å². The van der Waals surface area contributed by atoms with Gasteiger partial charge in [0.2, 0.25) is 5.91 Å². The molecule has 0 aromatic heterocycles. The number of carbonyl (C=O) groups is 1. The van der Waals surface area contributed by atoms with Crippen molar-refractivity contribution in [1.29, 1.82) is 0 Å². The highest BCUT2D eigenvalue weighted by Gasteiger charge is 2.49. The number of aliphatic hydroxyl groups is 1. The van der Waals surface area contributed by atoms with Crippen LogP contribution in [0.1, 0.15) is 19.3 Å². The van der Waals surface area contributed by atoms with E-state index in [1.54, 1.807) is 4.90 Å². The summed E-state index contributed by atoms with van der Waals surface area (Å²) in [6, 6.07) is -0.714. The van der Waals surface area contributed by atoms with E-state index in [9.17, 15) is 4.79 Å². The standard InChI is InChI=1S/C9H16N2O2.ClH/c10-7(5-12)8(13)11-4-3-9(6-11)1-2-9;/h7,12H,1-6,10H2;1H/t7-;/m1./s1. The third-order valence-corrected chi connectivity index (χ3v) is 3.22. The zero-order valence-corrected chi connectivity index (χ0v) is 8.92. The Kier molecular flexibility index (Phi) is 3.40. The molecule has 0 aromatic carbocycles. The topological polar surface area (TPSA) is 66.6 Å². The maximum atomic E-state index is 11.5. The normalized spacial score (nSPS) is 24.6. The van der Waals surface area contributed by atoms with Gasteiger partial charge in [-0.1, -0.05) is 0 Å². The lowest BCUT2D eigenvalue weighted by atomic mass is 10.1. The van der Waals surface area contributed by atoms with Crippen molar-refractivity contribution in [2.45, 2.75) is 25.3 Å². The average molecular weight is 221 g/mol. The van der Waals surface area contributed by atoms with E-state index in [-0.39, 0.29) is 24.9 Å². The summed E-state index contributed by atoms with van der Waals surface area (Å²) >= 11 is 0. The smallest absolute Gasteiger partial charge is 0.241 e. The van der Waals surface area contributed by atoms with E-state index in [0.717, 1.165) is 19.5 Å². The van der Waals surface area contributed by atoms with Crippen LogP contribution in [0.15, 0.2) is 0 Å². The predicted octanol–water partition coefficient (Wildman–Crippen LogP) is -0.260. The van der Waals surface area contributed by atoms with Gasteiger partial charge in [-0.25, -0.2) is 0 Å². The third-order valence-electron chi connectivity index (χ3n) is 3.22. The van der Waals surface area contributed by atoms with E-state index in [4.69, 9.17) is 10.8 Å². The largest absolute Gasteiger partial charge is 0.394 e. The fourth-order valence-electron chi connectivity index (χ4n) is 2.02. The maximum absolute atomic E-state index is 11.5. The second-order valence-electron chi connectivity index (χ2n) is 4.30. The number of hydrogen-bond donors (Lipinski definition) is 2. The van der Waals surface area contributed by atoms with Crippen LogP contribution in [-0.4, -0.2) is 41.7 Å². The SMILES string of the molecule is Cl.N[C@H](CO)C(=O)N1CCC2(CC2)C1. The molecule has 1 saturated heterocycles. The molecule has 3 N–H and O–H groups in total. The van der Waals surface area contributed by atoms with Gasteiger partial charge in [-0.3, -0.25) is 4.79 Å². The molecule has 2 rings (SSSR count). The van der Waals surface area contributed by atoms with Gasteiger partial charge < -0.3 is 15.7 Å². The first-order chi connectivity index (χ1) is 6.17. The Balaban J connectivity index is 0.000000980. The zero-order chi connectivity index (χ0) is 9.47. The first-order valence-electron chi connectivity index (χ1n) is 4.82. The van der Waals surface area contributed by atoms with Gasteiger partial charge in [-0.05, 0) is 24.7 Å². The van der Waals surface area contributed by atoms with Crippen molar-refractivity contribution < 1.29 is 9.90 Å². The molecule has 0 bridgehead atoms. The minimum atomic E-state index is -0.714. The van der Waals surface area contributed by atoms with Crippen LogP contribution in [0.5, 0.6) is 0 Å². The average Bonchev–Trinajstić information content (AvgIpc) is 2.74. The summed E-state index contributed by atoms with van der Waals surface area (Å²) in [5.74, 6) is -0.0914. The number of amides is 1. The van der Waals surface area contributed by atoms with Crippen molar-refractivity contribution in [3.63, 3.8) is 0 Å². The molecule has 82 valence electrons. The zero-order valence-electron chi connectivity index (χ0n) is 8.11. The van der Waals surface area contributed by atoms with Crippen LogP contribution in [0.2, 0.25) is 0 Å². The van der Waals surface area contributed by atoms with Gasteiger partial charge in [-0.15, -0.1) is 12.4 Å². The lowest BCUT2D eigenvalue weighted by Crippen LogP contribution is -2.44. The number of hydrogen-bond acceptors (Lipinski definition) is 3. The maximum Gasteiger partial charge on any atom is 0.241 e. The molecular weight excluding hydrogens is 204 g/mol. The van der Waals surface area contributed by atoms with E-state index in [0.29, 0.717) is 5.41 Å². The molecule has 2 aliphatic rings. The summed E-state index contributed by atoms with van der Waals surface area (Å²) in [6.07, 6.45) is 3.63. The highest BCUT2D eigenvalue weighted by molar-refractivity contribution is 5.85. The highest BCUT2D eigenvalue weighted by atomic mass is 35.5. The Morgan fingerprint density at radius 3 is 2.57 bits per heavy atom. The summed E-state index contributed by atoms with van der Waals surface area (Å²) in [4.78, 5) is 13.3. The van der Waals surface area contributed by atoms with Crippen LogP contribution in [0.4, 0.5) is 0 Å². The first-order valence-corrected chi connectivity index (χ1v) is 4.82. The molecule has 4 nitrogen and oxygen atoms in total. The number of halogens is 1. The number of nitrogens with zero attached hydrogens (tertiary/aromatic N) is 1. The number of nitrogens with two attached hydrogens (primary N) is 1. The lowest BCUT2D eigenvalue weighted by Gasteiger charge is -2.19. The Morgan fingerprint density at radius 2 is 2.14 bits per heavy atom. The lowest BCUT2D eigenvalue weighted by molar-refractivity contribution is -0.132. The Morgan fingerprint density at radius 1 is 1.50 bits per heavy atom. The van der Waals surface area contributed by atoms with Gasteiger partial charge in [0.1, 0.15) is 6.04 Å². The molecule has 0 radical (unpaired) electrons. The fraction of sp³-hybridized carbons (Fsp3) is 0.889. The van der Waals surface area contributed by atoms with E-state index in [1.165, 1.54) is 12.8 Å². The Hall–Kier alpha value is -0.320. The van der Waals surface area contributed by atoms with Crippen molar-refractivity contribution in [2.24, 2.45) is 11.1 Å². The molecular formula is C9H17ClN2O2. The van der Waals surface area contributed by atoms with Crippen molar-refractivity contribution in [3.05, 3.63) is 0 Å². The molecule has 2 fully saturated rings. The van der Waals surface area contributed by atoms with E-state index < -0.39 is 6.04 Å². The summed E-state index contributed by atoms with van der Waals surface area (Å²) in [6.45, 7) is 1.44. The number of rotatable bonds is 2. The molecule has 0 aromatic rings. The van der Waals surface area contributed by atoms with Gasteiger partial charge in [0.25, 0.3) is 0 Å². The molecule has 1 amide bonds. The summed E-state index contributed by atoms with van der Waals surface area (Å²) in [5, 5.41) is 8.74. The van der Waals surface area contributed by atoms with Crippen LogP contribution in [0.3, 0.4) is 0 Å². The van der Waals surface area contributed by atoms with E-state index >= 15 is 0 Å². The molecule has 1 aliphatic carbocycles. The highest BCUT2D eigenvalue weighted by Crippen LogP contribution is 2.52. The molecule has 1 aliphatic heterocycles. The minimum absolute atomic E-state index is 0. The van der Waals surface area contributed by atoms with Gasteiger partial charge >= 0.3 is 0 Å². The molecule has 0 unspecified atom stereocenters. The summed E-state index contributed by atoms with van der Waals surface area (Å²) < 4.78 is 0. The number of likely N-dealkylation sites (tertiary alicyclic amines) is 1. The quantitative estimate of drug-likeness (QED) is 0.674. The fourth-order valence-corrected chi connectivity index (χ4v) is 2.02. The molecule has 1 saturated carbocycles. The van der Waals surface area contributed by atoms with Crippen LogP contribution in [0, 0.1) is 5.41 Å². The number of carbonyl (C=O) groups excluding carboxylic acids is 1. The van der Waals surface area contributed by atoms with Gasteiger partial charge in [0.15, 0.2) is 0 Å². The van der Waals surface area contributed by atoms with Crippen LogP contribution in [0.25, 0.3) is 0 Å². The van der Waals surface area contributed by atoms with Gasteiger partial charge in [-0.2, -0.15) is 0 Å². The van der Waals surface area contributed by atoms with Crippen molar-refractivity contribution >= 4 is 18.3 Å². The van der Waals surface area contributed by atoms with Crippen molar-refractivity contribution in [3.8, 4) is 0 Å². The predicted molar refractivity (Wildman–Crippen MR) is 55.2 cm³/mol. The molecule has 1 spiro atoms. The molecule has 1 atom stereocenters. The molecule has 5 heteroatoms. The minimum Gasteiger partial charge on any atom is -0.394 e. The van der Waals surface area contributed by atoms with E-state index in [2.05, 4.69) is 0 Å². The van der Waals surface area contributed by atoms with Crippen LogP contribution < -0.4 is 5.73 Å². The Bertz CT molecular complexity index is 231. The van der Waals surface area contributed by atoms with Crippen molar-refractivity contribution in [1.82, 2.24) is 4.90 Å². The molecule has 14 heavy (non-hydrogen) atoms. The second-order valence-corrected chi connectivity index (χ2v) is 4.30. The van der Waals surface area contributed by atoms with E-state index in [1.807, 2.05) is 0 Å². The molecule has 1 heterocycles. The second kappa shape index (κ2) is 4.04. The van der Waals surface area contributed by atoms with Gasteiger partial charge in [0, 0.05) is 13.1 Å². The Labute approximate surface area is 89.9 Å².